The molecule has 1 aliphatic carbocycles. The maximum atomic E-state index is 12.6. The highest BCUT2D eigenvalue weighted by molar-refractivity contribution is 7.89. The van der Waals surface area contributed by atoms with Crippen molar-refractivity contribution >= 4 is 15.8 Å². The number of pyridine rings is 1. The highest BCUT2D eigenvalue weighted by Gasteiger charge is 2.26. The minimum absolute atomic E-state index is 0.251. The van der Waals surface area contributed by atoms with Gasteiger partial charge in [-0.15, -0.1) is 0 Å². The number of anilines is 1. The van der Waals surface area contributed by atoms with Gasteiger partial charge in [-0.2, -0.15) is 4.31 Å². The van der Waals surface area contributed by atoms with Crippen LogP contribution in [0.15, 0.2) is 23.2 Å². The van der Waals surface area contributed by atoms with E-state index in [2.05, 4.69) is 17.2 Å². The van der Waals surface area contributed by atoms with E-state index >= 15 is 0 Å². The van der Waals surface area contributed by atoms with E-state index in [1.54, 1.807) is 12.1 Å². The van der Waals surface area contributed by atoms with E-state index in [0.717, 1.165) is 18.3 Å². The van der Waals surface area contributed by atoms with Crippen molar-refractivity contribution in [1.82, 2.24) is 9.29 Å². The van der Waals surface area contributed by atoms with Crippen LogP contribution in [0, 0.1) is 11.8 Å². The Morgan fingerprint density at radius 2 is 2.00 bits per heavy atom. The average Bonchev–Trinajstić information content (AvgIpc) is 2.62. The van der Waals surface area contributed by atoms with Gasteiger partial charge in [0.1, 0.15) is 10.7 Å². The minimum atomic E-state index is -3.46. The molecule has 1 aromatic rings. The molecule has 24 heavy (non-hydrogen) atoms. The van der Waals surface area contributed by atoms with Gasteiger partial charge in [-0.05, 0) is 30.4 Å². The lowest BCUT2D eigenvalue weighted by Gasteiger charge is -2.29. The molecular weight excluding hydrogens is 326 g/mol. The van der Waals surface area contributed by atoms with Gasteiger partial charge in [0, 0.05) is 25.8 Å². The fourth-order valence-electron chi connectivity index (χ4n) is 3.51. The molecule has 1 aliphatic heterocycles. The Kier molecular flexibility index (Phi) is 5.73. The molecule has 0 amide bonds. The van der Waals surface area contributed by atoms with Gasteiger partial charge in [0.15, 0.2) is 0 Å². The van der Waals surface area contributed by atoms with E-state index in [4.69, 9.17) is 4.74 Å². The van der Waals surface area contributed by atoms with Crippen LogP contribution in [-0.4, -0.2) is 50.6 Å². The molecule has 3 rings (SSSR count). The second kappa shape index (κ2) is 7.80. The summed E-state index contributed by atoms with van der Waals surface area (Å²) in [4.78, 5) is 4.55. The molecule has 2 atom stereocenters. The summed E-state index contributed by atoms with van der Waals surface area (Å²) in [6, 6.07) is 3.41. The summed E-state index contributed by atoms with van der Waals surface area (Å²) in [6.07, 6.45) is 6.66. The molecule has 1 N–H and O–H groups in total. The zero-order chi connectivity index (χ0) is 17.0. The molecule has 6 nitrogen and oxygen atoms in total. The lowest BCUT2D eigenvalue weighted by Crippen LogP contribution is -2.40. The number of ether oxygens (including phenoxy) is 1. The molecule has 1 saturated carbocycles. The molecule has 7 heteroatoms. The van der Waals surface area contributed by atoms with Crippen molar-refractivity contribution in [3.63, 3.8) is 0 Å². The Hall–Kier alpha value is -1.18. The quantitative estimate of drug-likeness (QED) is 0.880. The predicted octanol–water partition coefficient (Wildman–Crippen LogP) is 2.34. The van der Waals surface area contributed by atoms with Crippen molar-refractivity contribution < 1.29 is 13.2 Å². The maximum Gasteiger partial charge on any atom is 0.244 e. The van der Waals surface area contributed by atoms with Gasteiger partial charge in [0.25, 0.3) is 0 Å². The molecular formula is C17H27N3O3S. The molecule has 1 aromatic heterocycles. The lowest BCUT2D eigenvalue weighted by atomic mass is 9.80. The third-order valence-electron chi connectivity index (χ3n) is 5.18. The van der Waals surface area contributed by atoms with E-state index < -0.39 is 10.0 Å². The average molecular weight is 353 g/mol. The fraction of sp³-hybridized carbons (Fsp3) is 0.706. The second-order valence-corrected chi connectivity index (χ2v) is 8.74. The number of sulfonamides is 1. The van der Waals surface area contributed by atoms with Crippen LogP contribution >= 0.6 is 0 Å². The Morgan fingerprint density at radius 3 is 2.67 bits per heavy atom. The number of nitrogens with zero attached hydrogens (tertiary/aromatic N) is 2. The van der Waals surface area contributed by atoms with Gasteiger partial charge in [-0.25, -0.2) is 13.4 Å². The summed E-state index contributed by atoms with van der Waals surface area (Å²) < 4.78 is 31.8. The van der Waals surface area contributed by atoms with Gasteiger partial charge < -0.3 is 10.1 Å². The summed E-state index contributed by atoms with van der Waals surface area (Å²) in [5.74, 6) is 2.17. The van der Waals surface area contributed by atoms with Crippen LogP contribution in [0.4, 0.5) is 5.82 Å². The van der Waals surface area contributed by atoms with Crippen molar-refractivity contribution in [3.8, 4) is 0 Å². The van der Waals surface area contributed by atoms with Crippen molar-refractivity contribution in [1.29, 1.82) is 0 Å². The van der Waals surface area contributed by atoms with Crippen molar-refractivity contribution in [2.45, 2.75) is 37.5 Å². The van der Waals surface area contributed by atoms with Crippen LogP contribution in [0.2, 0.25) is 0 Å². The van der Waals surface area contributed by atoms with Gasteiger partial charge in [-0.1, -0.05) is 26.2 Å². The Morgan fingerprint density at radius 1 is 1.25 bits per heavy atom. The van der Waals surface area contributed by atoms with E-state index in [9.17, 15) is 8.42 Å². The van der Waals surface area contributed by atoms with Crippen LogP contribution in [0.3, 0.4) is 0 Å². The van der Waals surface area contributed by atoms with Crippen molar-refractivity contribution in [2.24, 2.45) is 11.8 Å². The van der Waals surface area contributed by atoms with E-state index in [0.29, 0.717) is 32.2 Å². The zero-order valence-corrected chi connectivity index (χ0v) is 15.1. The number of morpholine rings is 1. The monoisotopic (exact) mass is 353 g/mol. The first-order chi connectivity index (χ1) is 11.6. The molecule has 1 saturated heterocycles. The summed E-state index contributed by atoms with van der Waals surface area (Å²) in [5.41, 5.74) is 0. The van der Waals surface area contributed by atoms with Crippen LogP contribution in [0.25, 0.3) is 0 Å². The molecule has 0 aromatic carbocycles. The largest absolute Gasteiger partial charge is 0.379 e. The van der Waals surface area contributed by atoms with Gasteiger partial charge >= 0.3 is 0 Å². The maximum absolute atomic E-state index is 12.6. The molecule has 2 aliphatic rings. The summed E-state index contributed by atoms with van der Waals surface area (Å²) in [6.45, 7) is 4.93. The Labute approximate surface area is 144 Å². The van der Waals surface area contributed by atoms with Crippen LogP contribution in [0.1, 0.15) is 32.6 Å². The van der Waals surface area contributed by atoms with Gasteiger partial charge in [-0.3, -0.25) is 0 Å². The van der Waals surface area contributed by atoms with Crippen molar-refractivity contribution in [2.75, 3.05) is 38.2 Å². The van der Waals surface area contributed by atoms with Crippen LogP contribution in [-0.2, 0) is 14.8 Å². The topological polar surface area (TPSA) is 71.5 Å². The number of aromatic nitrogens is 1. The minimum Gasteiger partial charge on any atom is -0.379 e. The molecule has 134 valence electrons. The first-order valence-electron chi connectivity index (χ1n) is 8.85. The first kappa shape index (κ1) is 17.6. The lowest BCUT2D eigenvalue weighted by molar-refractivity contribution is 0.0730. The van der Waals surface area contributed by atoms with Gasteiger partial charge in [0.2, 0.25) is 10.0 Å². The second-order valence-electron chi connectivity index (χ2n) is 6.80. The number of hydrogen-bond donors (Lipinski definition) is 1. The predicted molar refractivity (Wildman–Crippen MR) is 93.4 cm³/mol. The number of rotatable bonds is 5. The normalized spacial score (nSPS) is 26.2. The molecule has 0 spiro atoms. The molecule has 2 heterocycles. The zero-order valence-electron chi connectivity index (χ0n) is 14.3. The summed E-state index contributed by atoms with van der Waals surface area (Å²) in [5, 5.41) is 3.36. The summed E-state index contributed by atoms with van der Waals surface area (Å²) in [7, 11) is -3.46. The van der Waals surface area contributed by atoms with E-state index in [-0.39, 0.29) is 4.90 Å². The standard InChI is InChI=1S/C17H27N3O3S/c1-14-4-2-3-5-15(14)12-18-17-7-6-16(13-19-17)24(21,22)20-8-10-23-11-9-20/h6-7,13-15H,2-5,8-12H2,1H3,(H,18,19). The fourth-order valence-corrected chi connectivity index (χ4v) is 4.86. The SMILES string of the molecule is CC1CCCCC1CNc1ccc(S(=O)(=O)N2CCOCC2)cn1. The third-order valence-corrected chi connectivity index (χ3v) is 7.06. The number of nitrogens with one attached hydrogen (secondary N) is 1. The smallest absolute Gasteiger partial charge is 0.244 e. The van der Waals surface area contributed by atoms with Crippen LogP contribution in [0.5, 0.6) is 0 Å². The van der Waals surface area contributed by atoms with Crippen LogP contribution < -0.4 is 5.32 Å². The summed E-state index contributed by atoms with van der Waals surface area (Å²) >= 11 is 0. The molecule has 2 fully saturated rings. The van der Waals surface area contributed by atoms with E-state index in [1.165, 1.54) is 36.2 Å². The van der Waals surface area contributed by atoms with Crippen molar-refractivity contribution in [3.05, 3.63) is 18.3 Å². The molecule has 0 bridgehead atoms. The van der Waals surface area contributed by atoms with Gasteiger partial charge in [0.05, 0.1) is 13.2 Å². The Bertz CT molecular complexity index is 627. The third kappa shape index (κ3) is 4.07. The number of hydrogen-bond acceptors (Lipinski definition) is 5. The Balaban J connectivity index is 1.60. The molecule has 0 radical (unpaired) electrons. The highest BCUT2D eigenvalue weighted by Crippen LogP contribution is 2.29. The highest BCUT2D eigenvalue weighted by atomic mass is 32.2. The molecule has 2 unspecified atom stereocenters. The van der Waals surface area contributed by atoms with E-state index in [1.807, 2.05) is 0 Å². The first-order valence-corrected chi connectivity index (χ1v) is 10.3.